The Hall–Kier alpha value is -1.81. The zero-order valence-corrected chi connectivity index (χ0v) is 12.3. The number of hydrogen-bond donors (Lipinski definition) is 1. The van der Waals surface area contributed by atoms with Gasteiger partial charge in [-0.15, -0.1) is 0 Å². The maximum absolute atomic E-state index is 12.4. The Labute approximate surface area is 120 Å². The average molecular weight is 320 g/mol. The van der Waals surface area contributed by atoms with Gasteiger partial charge in [-0.2, -0.15) is 0 Å². The molecular weight excluding hydrogens is 306 g/mol. The minimum absolute atomic E-state index is 0.0135. The molecule has 0 aliphatic carbocycles. The van der Waals surface area contributed by atoms with Gasteiger partial charge in [-0.05, 0) is 46.3 Å². The van der Waals surface area contributed by atoms with Crippen molar-refractivity contribution in [3.63, 3.8) is 0 Å². The van der Waals surface area contributed by atoms with Gasteiger partial charge in [0.2, 0.25) is 0 Å². The summed E-state index contributed by atoms with van der Waals surface area (Å²) in [5, 5.41) is 3.02. The second-order valence-corrected chi connectivity index (χ2v) is 4.86. The largest absolute Gasteiger partial charge is 0.496 e. The van der Waals surface area contributed by atoms with Crippen LogP contribution < -0.4 is 10.1 Å². The highest BCUT2D eigenvalue weighted by atomic mass is 79.9. The third kappa shape index (κ3) is 2.96. The fourth-order valence-electron chi connectivity index (χ4n) is 1.79. The first-order valence-electron chi connectivity index (χ1n) is 5.81. The Morgan fingerprint density at radius 2 is 1.89 bits per heavy atom. The molecule has 2 aromatic rings. The summed E-state index contributed by atoms with van der Waals surface area (Å²) < 4.78 is 5.92. The van der Waals surface area contributed by atoms with Crippen molar-refractivity contribution in [3.05, 3.63) is 58.1 Å². The third-order valence-electron chi connectivity index (χ3n) is 2.83. The third-order valence-corrected chi connectivity index (χ3v) is 3.45. The molecule has 0 saturated carbocycles. The summed E-state index contributed by atoms with van der Waals surface area (Å²) in [6.07, 6.45) is 0. The van der Waals surface area contributed by atoms with Crippen molar-refractivity contribution < 1.29 is 9.53 Å². The fraction of sp³-hybridized carbons (Fsp3) is 0.133. The predicted octanol–water partition coefficient (Wildman–Crippen LogP) is 3.73. The highest BCUT2D eigenvalue weighted by Gasteiger charge is 2.11. The van der Waals surface area contributed by atoms with E-state index < -0.39 is 0 Å². The average Bonchev–Trinajstić information content (AvgIpc) is 2.46. The lowest BCUT2D eigenvalue weighted by Gasteiger charge is -2.07. The summed E-state index contributed by atoms with van der Waals surface area (Å²) >= 11 is 3.39. The predicted molar refractivity (Wildman–Crippen MR) is 80.1 cm³/mol. The summed E-state index contributed by atoms with van der Waals surface area (Å²) in [5.74, 6) is 0.695. The zero-order chi connectivity index (χ0) is 13.8. The van der Waals surface area contributed by atoms with Gasteiger partial charge in [0.1, 0.15) is 5.75 Å². The lowest BCUT2D eigenvalue weighted by Crippen LogP contribution is -2.02. The van der Waals surface area contributed by atoms with E-state index in [9.17, 15) is 4.79 Å². The summed E-state index contributed by atoms with van der Waals surface area (Å²) in [4.78, 5) is 12.4. The number of benzene rings is 2. The number of carbonyl (C=O) groups is 1. The molecule has 3 nitrogen and oxygen atoms in total. The Morgan fingerprint density at radius 3 is 2.53 bits per heavy atom. The fourth-order valence-corrected chi connectivity index (χ4v) is 2.33. The maximum Gasteiger partial charge on any atom is 0.193 e. The molecule has 19 heavy (non-hydrogen) atoms. The van der Waals surface area contributed by atoms with Crippen molar-refractivity contribution >= 4 is 27.4 Å². The molecule has 2 aromatic carbocycles. The summed E-state index contributed by atoms with van der Waals surface area (Å²) in [6.45, 7) is 0. The van der Waals surface area contributed by atoms with E-state index in [0.717, 1.165) is 10.2 Å². The Bertz CT molecular complexity index is 611. The van der Waals surface area contributed by atoms with Gasteiger partial charge in [-0.25, -0.2) is 0 Å². The molecule has 0 amide bonds. The van der Waals surface area contributed by atoms with Crippen LogP contribution >= 0.6 is 15.9 Å². The van der Waals surface area contributed by atoms with Crippen LogP contribution in [0.1, 0.15) is 15.9 Å². The number of rotatable bonds is 4. The van der Waals surface area contributed by atoms with E-state index in [-0.39, 0.29) is 5.78 Å². The van der Waals surface area contributed by atoms with E-state index in [1.807, 2.05) is 25.2 Å². The lowest BCUT2D eigenvalue weighted by atomic mass is 10.0. The molecule has 0 aliphatic heterocycles. The summed E-state index contributed by atoms with van der Waals surface area (Å²) in [6, 6.07) is 12.7. The van der Waals surface area contributed by atoms with Gasteiger partial charge < -0.3 is 10.1 Å². The van der Waals surface area contributed by atoms with E-state index in [1.165, 1.54) is 0 Å². The number of ether oxygens (including phenoxy) is 1. The first-order chi connectivity index (χ1) is 9.15. The van der Waals surface area contributed by atoms with Crippen molar-refractivity contribution in [1.29, 1.82) is 0 Å². The van der Waals surface area contributed by atoms with Gasteiger partial charge in [0.15, 0.2) is 5.78 Å². The molecule has 0 atom stereocenters. The van der Waals surface area contributed by atoms with Crippen LogP contribution in [0.2, 0.25) is 0 Å². The van der Waals surface area contributed by atoms with Crippen LogP contribution in [-0.2, 0) is 0 Å². The maximum atomic E-state index is 12.4. The van der Waals surface area contributed by atoms with Gasteiger partial charge in [0.05, 0.1) is 11.6 Å². The van der Waals surface area contributed by atoms with Gasteiger partial charge >= 0.3 is 0 Å². The highest BCUT2D eigenvalue weighted by Crippen LogP contribution is 2.26. The molecule has 4 heteroatoms. The molecule has 0 unspecified atom stereocenters. The monoisotopic (exact) mass is 319 g/mol. The van der Waals surface area contributed by atoms with Crippen LogP contribution in [0.5, 0.6) is 5.75 Å². The summed E-state index contributed by atoms with van der Waals surface area (Å²) in [7, 11) is 3.42. The van der Waals surface area contributed by atoms with Crippen LogP contribution in [0.15, 0.2) is 46.9 Å². The van der Waals surface area contributed by atoms with Gasteiger partial charge in [-0.3, -0.25) is 4.79 Å². The highest BCUT2D eigenvalue weighted by molar-refractivity contribution is 9.10. The number of anilines is 1. The molecule has 1 N–H and O–H groups in total. The van der Waals surface area contributed by atoms with Crippen LogP contribution in [0, 0.1) is 0 Å². The van der Waals surface area contributed by atoms with Crippen LogP contribution in [0.25, 0.3) is 0 Å². The van der Waals surface area contributed by atoms with Gasteiger partial charge in [-0.1, -0.05) is 12.1 Å². The molecule has 0 aliphatic rings. The molecule has 2 rings (SSSR count). The Kier molecular flexibility index (Phi) is 4.22. The summed E-state index contributed by atoms with van der Waals surface area (Å²) in [5.41, 5.74) is 2.20. The SMILES string of the molecule is CNc1cccc(C(=O)c2ccc(OC)c(Br)c2)c1. The molecule has 0 heterocycles. The molecule has 0 spiro atoms. The minimum atomic E-state index is -0.0135. The Morgan fingerprint density at radius 1 is 1.16 bits per heavy atom. The van der Waals surface area contributed by atoms with Crippen molar-refractivity contribution in [2.75, 3.05) is 19.5 Å². The molecule has 0 aromatic heterocycles. The number of methoxy groups -OCH3 is 1. The van der Waals surface area contributed by atoms with Crippen molar-refractivity contribution in [2.45, 2.75) is 0 Å². The van der Waals surface area contributed by atoms with E-state index in [2.05, 4.69) is 21.2 Å². The minimum Gasteiger partial charge on any atom is -0.496 e. The van der Waals surface area contributed by atoms with Crippen LogP contribution in [0.3, 0.4) is 0 Å². The molecule has 0 saturated heterocycles. The van der Waals surface area contributed by atoms with E-state index in [0.29, 0.717) is 16.9 Å². The Balaban J connectivity index is 2.35. The number of halogens is 1. The first kappa shape index (κ1) is 13.6. The normalized spacial score (nSPS) is 10.1. The van der Waals surface area contributed by atoms with E-state index in [1.54, 1.807) is 31.4 Å². The number of ketones is 1. The standard InChI is InChI=1S/C15H14BrNO2/c1-17-12-5-3-4-10(8-12)15(18)11-6-7-14(19-2)13(16)9-11/h3-9,17H,1-2H3. The number of nitrogens with one attached hydrogen (secondary N) is 1. The molecule has 98 valence electrons. The van der Waals surface area contributed by atoms with E-state index in [4.69, 9.17) is 4.74 Å². The number of carbonyl (C=O) groups excluding carboxylic acids is 1. The number of hydrogen-bond acceptors (Lipinski definition) is 3. The molecular formula is C15H14BrNO2. The molecule has 0 fully saturated rings. The van der Waals surface area contributed by atoms with Crippen LogP contribution in [0.4, 0.5) is 5.69 Å². The molecule has 0 bridgehead atoms. The van der Waals surface area contributed by atoms with Gasteiger partial charge in [0, 0.05) is 23.9 Å². The van der Waals surface area contributed by atoms with Gasteiger partial charge in [0.25, 0.3) is 0 Å². The zero-order valence-electron chi connectivity index (χ0n) is 10.7. The van der Waals surface area contributed by atoms with Crippen LogP contribution in [-0.4, -0.2) is 19.9 Å². The second kappa shape index (κ2) is 5.89. The molecule has 0 radical (unpaired) electrons. The smallest absolute Gasteiger partial charge is 0.193 e. The van der Waals surface area contributed by atoms with E-state index >= 15 is 0 Å². The lowest BCUT2D eigenvalue weighted by molar-refractivity contribution is 0.103. The van der Waals surface area contributed by atoms with Crippen molar-refractivity contribution in [2.24, 2.45) is 0 Å². The quantitative estimate of drug-likeness (QED) is 0.873. The second-order valence-electron chi connectivity index (χ2n) is 4.01. The van der Waals surface area contributed by atoms with Crippen molar-refractivity contribution in [3.8, 4) is 5.75 Å². The topological polar surface area (TPSA) is 38.3 Å². The van der Waals surface area contributed by atoms with Crippen molar-refractivity contribution in [1.82, 2.24) is 0 Å². The first-order valence-corrected chi connectivity index (χ1v) is 6.61.